The molecule has 2 aliphatic rings. The Kier molecular flexibility index (Phi) is 7.83. The van der Waals surface area contributed by atoms with E-state index in [2.05, 4.69) is 22.8 Å². The molecule has 158 valence electrons. The molecule has 0 radical (unpaired) electrons. The molecule has 1 amide bonds. The van der Waals surface area contributed by atoms with Gasteiger partial charge in [-0.3, -0.25) is 9.59 Å². The number of amides is 1. The predicted molar refractivity (Wildman–Crippen MR) is 113 cm³/mol. The number of benzene rings is 1. The lowest BCUT2D eigenvalue weighted by Crippen LogP contribution is -2.43. The fourth-order valence-electron chi connectivity index (χ4n) is 4.40. The monoisotopic (exact) mass is 400 g/mol. The number of hydrogen-bond donors (Lipinski definition) is 3. The topological polar surface area (TPSA) is 87.7 Å². The molecule has 3 N–H and O–H groups in total. The van der Waals surface area contributed by atoms with Crippen LogP contribution in [0.25, 0.3) is 0 Å². The zero-order valence-electron chi connectivity index (χ0n) is 17.0. The van der Waals surface area contributed by atoms with Crippen LogP contribution < -0.4 is 10.6 Å². The van der Waals surface area contributed by atoms with Gasteiger partial charge in [-0.1, -0.05) is 30.4 Å². The number of carboxylic acid groups (broad SMARTS) is 1. The zero-order valence-corrected chi connectivity index (χ0v) is 17.0. The van der Waals surface area contributed by atoms with Crippen molar-refractivity contribution >= 4 is 17.6 Å². The summed E-state index contributed by atoms with van der Waals surface area (Å²) in [5, 5.41) is 15.0. The molecule has 2 bridgehead atoms. The Labute approximate surface area is 172 Å². The molecule has 5 atom stereocenters. The Morgan fingerprint density at radius 1 is 1.17 bits per heavy atom. The van der Waals surface area contributed by atoms with E-state index in [1.54, 1.807) is 0 Å². The van der Waals surface area contributed by atoms with Gasteiger partial charge in [0.05, 0.1) is 18.2 Å². The Balaban J connectivity index is 1.45. The average Bonchev–Trinajstić information content (AvgIpc) is 3.31. The van der Waals surface area contributed by atoms with Gasteiger partial charge in [0.1, 0.15) is 0 Å². The number of rotatable bonds is 11. The number of unbranched alkanes of at least 4 members (excludes halogenated alkanes) is 1. The van der Waals surface area contributed by atoms with Crippen molar-refractivity contribution in [2.45, 2.75) is 63.7 Å². The van der Waals surface area contributed by atoms with Crippen molar-refractivity contribution in [1.82, 2.24) is 5.32 Å². The molecule has 0 aromatic heterocycles. The molecule has 0 aliphatic carbocycles. The van der Waals surface area contributed by atoms with Gasteiger partial charge in [0, 0.05) is 24.6 Å². The van der Waals surface area contributed by atoms with E-state index < -0.39 is 5.97 Å². The summed E-state index contributed by atoms with van der Waals surface area (Å²) in [6.45, 7) is 2.66. The lowest BCUT2D eigenvalue weighted by Gasteiger charge is -2.28. The van der Waals surface area contributed by atoms with Crippen LogP contribution in [0.2, 0.25) is 0 Å². The number of anilines is 1. The molecule has 29 heavy (non-hydrogen) atoms. The van der Waals surface area contributed by atoms with Gasteiger partial charge in [-0.05, 0) is 57.1 Å². The molecule has 2 fully saturated rings. The molecular formula is C23H32N2O4. The number of aliphatic carboxylic acids is 1. The van der Waals surface area contributed by atoms with Crippen molar-refractivity contribution < 1.29 is 19.4 Å². The summed E-state index contributed by atoms with van der Waals surface area (Å²) in [5.74, 6) is 0.0948. The number of allylic oxidation sites excluding steroid dienone is 2. The summed E-state index contributed by atoms with van der Waals surface area (Å²) in [4.78, 5) is 23.0. The maximum Gasteiger partial charge on any atom is 0.303 e. The van der Waals surface area contributed by atoms with Crippen LogP contribution in [0.1, 0.15) is 45.4 Å². The fourth-order valence-corrected chi connectivity index (χ4v) is 4.40. The van der Waals surface area contributed by atoms with E-state index in [4.69, 9.17) is 9.84 Å². The number of nitrogens with one attached hydrogen (secondary N) is 2. The van der Waals surface area contributed by atoms with Gasteiger partial charge in [-0.15, -0.1) is 0 Å². The van der Waals surface area contributed by atoms with E-state index in [0.29, 0.717) is 24.4 Å². The number of fused-ring (bicyclic) bond motifs is 2. The van der Waals surface area contributed by atoms with E-state index in [9.17, 15) is 9.59 Å². The smallest absolute Gasteiger partial charge is 0.303 e. The summed E-state index contributed by atoms with van der Waals surface area (Å²) in [5.41, 5.74) is 0.806. The molecule has 1 aromatic carbocycles. The molecule has 3 rings (SSSR count). The maximum atomic E-state index is 12.4. The Morgan fingerprint density at radius 3 is 2.62 bits per heavy atom. The first kappa shape index (κ1) is 21.5. The highest BCUT2D eigenvalue weighted by molar-refractivity contribution is 5.94. The zero-order chi connectivity index (χ0) is 20.6. The van der Waals surface area contributed by atoms with Gasteiger partial charge in [0.2, 0.25) is 5.91 Å². The minimum Gasteiger partial charge on any atom is -0.481 e. The second kappa shape index (κ2) is 10.6. The first-order valence-electron chi connectivity index (χ1n) is 10.7. The van der Waals surface area contributed by atoms with Crippen LogP contribution in [0.5, 0.6) is 0 Å². The average molecular weight is 401 g/mol. The van der Waals surface area contributed by atoms with E-state index in [1.165, 1.54) is 0 Å². The second-order valence-corrected chi connectivity index (χ2v) is 8.10. The molecule has 6 nitrogen and oxygen atoms in total. The van der Waals surface area contributed by atoms with Crippen LogP contribution >= 0.6 is 0 Å². The van der Waals surface area contributed by atoms with E-state index >= 15 is 0 Å². The summed E-state index contributed by atoms with van der Waals surface area (Å²) < 4.78 is 6.14. The van der Waals surface area contributed by atoms with Gasteiger partial charge in [-0.25, -0.2) is 0 Å². The van der Waals surface area contributed by atoms with Gasteiger partial charge in [-0.2, -0.15) is 0 Å². The first-order valence-corrected chi connectivity index (χ1v) is 10.7. The number of carbonyl (C=O) groups is 2. The Hall–Kier alpha value is -2.18. The number of ether oxygens (including phenoxy) is 1. The molecule has 0 spiro atoms. The number of carbonyl (C=O) groups excluding carboxylic acids is 1. The van der Waals surface area contributed by atoms with Gasteiger partial charge in [0.15, 0.2) is 0 Å². The Bertz CT molecular complexity index is 706. The lowest BCUT2D eigenvalue weighted by molar-refractivity contribution is -0.137. The highest BCUT2D eigenvalue weighted by Gasteiger charge is 2.47. The SMILES string of the molecule is CC(NC[C@H]1[C@@H](C/C=C\CCCC(=O)O)[C@H]2CC[C@@H]1O2)C(=O)Nc1ccccc1. The lowest BCUT2D eigenvalue weighted by atomic mass is 9.77. The molecule has 1 aromatic rings. The van der Waals surface area contributed by atoms with Crippen molar-refractivity contribution in [1.29, 1.82) is 0 Å². The van der Waals surface area contributed by atoms with Crippen LogP contribution in [-0.2, 0) is 14.3 Å². The van der Waals surface area contributed by atoms with Crippen molar-refractivity contribution in [3.8, 4) is 0 Å². The Morgan fingerprint density at radius 2 is 1.90 bits per heavy atom. The highest BCUT2D eigenvalue weighted by atomic mass is 16.5. The maximum absolute atomic E-state index is 12.4. The quantitative estimate of drug-likeness (QED) is 0.390. The van der Waals surface area contributed by atoms with Crippen LogP contribution in [-0.4, -0.2) is 41.8 Å². The molecular weight excluding hydrogens is 368 g/mol. The van der Waals surface area contributed by atoms with Crippen molar-refractivity contribution in [3.05, 3.63) is 42.5 Å². The first-order chi connectivity index (χ1) is 14.0. The summed E-state index contributed by atoms with van der Waals surface area (Å²) in [6.07, 6.45) is 9.72. The molecule has 2 saturated heterocycles. The highest BCUT2D eigenvalue weighted by Crippen LogP contribution is 2.44. The van der Waals surface area contributed by atoms with Crippen LogP contribution in [0.3, 0.4) is 0 Å². The third-order valence-corrected chi connectivity index (χ3v) is 6.02. The van der Waals surface area contributed by atoms with Crippen molar-refractivity contribution in [3.63, 3.8) is 0 Å². The van der Waals surface area contributed by atoms with Crippen molar-refractivity contribution in [2.75, 3.05) is 11.9 Å². The molecule has 1 unspecified atom stereocenters. The minimum absolute atomic E-state index is 0.0323. The summed E-state index contributed by atoms with van der Waals surface area (Å²) in [6, 6.07) is 9.22. The molecule has 2 aliphatic heterocycles. The largest absolute Gasteiger partial charge is 0.481 e. The minimum atomic E-state index is -0.739. The third-order valence-electron chi connectivity index (χ3n) is 6.02. The van der Waals surface area contributed by atoms with E-state index in [-0.39, 0.29) is 24.5 Å². The van der Waals surface area contributed by atoms with Crippen LogP contribution in [0, 0.1) is 11.8 Å². The van der Waals surface area contributed by atoms with Crippen LogP contribution in [0.15, 0.2) is 42.5 Å². The third kappa shape index (κ3) is 6.15. The van der Waals surface area contributed by atoms with E-state index in [1.807, 2.05) is 37.3 Å². The van der Waals surface area contributed by atoms with E-state index in [0.717, 1.165) is 37.9 Å². The fraction of sp³-hybridized carbons (Fsp3) is 0.565. The normalized spacial score (nSPS) is 26.7. The van der Waals surface area contributed by atoms with Crippen molar-refractivity contribution in [2.24, 2.45) is 11.8 Å². The number of para-hydroxylation sites is 1. The van der Waals surface area contributed by atoms with Gasteiger partial charge < -0.3 is 20.5 Å². The second-order valence-electron chi connectivity index (χ2n) is 8.10. The predicted octanol–water partition coefficient (Wildman–Crippen LogP) is 3.60. The molecule has 6 heteroatoms. The molecule has 2 heterocycles. The standard InChI is InChI=1S/C23H32N2O4/c1-16(23(28)25-17-9-5-4-6-10-17)24-15-19-18(20-13-14-21(19)29-20)11-7-2-3-8-12-22(26)27/h2,4-7,9-10,16,18-21,24H,3,8,11-15H2,1H3,(H,25,28)(H,26,27)/b7-2-/t16?,18-,19+,20-,21+/m1/s1. The summed E-state index contributed by atoms with van der Waals surface area (Å²) in [7, 11) is 0. The number of carboxylic acids is 1. The molecule has 0 saturated carbocycles. The van der Waals surface area contributed by atoms with Gasteiger partial charge >= 0.3 is 5.97 Å². The number of hydrogen-bond acceptors (Lipinski definition) is 4. The van der Waals surface area contributed by atoms with Crippen LogP contribution in [0.4, 0.5) is 5.69 Å². The summed E-state index contributed by atoms with van der Waals surface area (Å²) >= 11 is 0. The van der Waals surface area contributed by atoms with Gasteiger partial charge in [0.25, 0.3) is 0 Å².